The Morgan fingerprint density at radius 2 is 2.20 bits per heavy atom. The van der Waals surface area contributed by atoms with Crippen LogP contribution in [0.2, 0.25) is 0 Å². The maximum absolute atomic E-state index is 3.63. The molecule has 1 aromatic rings. The quantitative estimate of drug-likeness (QED) is 0.838. The minimum absolute atomic E-state index is 0.561. The molecule has 1 aliphatic rings. The van der Waals surface area contributed by atoms with E-state index < -0.39 is 0 Å². The van der Waals surface area contributed by atoms with Gasteiger partial charge >= 0.3 is 0 Å². The summed E-state index contributed by atoms with van der Waals surface area (Å²) in [5.74, 6) is 3.46. The van der Waals surface area contributed by atoms with E-state index in [0.717, 1.165) is 12.5 Å². The molecule has 0 aliphatic carbocycles. The van der Waals surface area contributed by atoms with E-state index in [-0.39, 0.29) is 0 Å². The number of rotatable bonds is 4. The molecule has 1 fully saturated rings. The molecule has 1 heterocycles. The molecule has 1 saturated heterocycles. The Morgan fingerprint density at radius 3 is 2.80 bits per heavy atom. The van der Waals surface area contributed by atoms with Crippen LogP contribution in [0, 0.1) is 5.92 Å². The van der Waals surface area contributed by atoms with Crippen LogP contribution in [0.25, 0.3) is 0 Å². The molecule has 15 heavy (non-hydrogen) atoms. The summed E-state index contributed by atoms with van der Waals surface area (Å²) in [5.41, 5.74) is 1.45. The Morgan fingerprint density at radius 1 is 1.40 bits per heavy atom. The van der Waals surface area contributed by atoms with Gasteiger partial charge in [0, 0.05) is 6.04 Å². The Bertz CT molecular complexity index is 280. The van der Waals surface area contributed by atoms with Gasteiger partial charge < -0.3 is 5.32 Å². The molecule has 2 atom stereocenters. The van der Waals surface area contributed by atoms with Crippen molar-refractivity contribution >= 4 is 11.8 Å². The van der Waals surface area contributed by atoms with Gasteiger partial charge in [0.25, 0.3) is 0 Å². The van der Waals surface area contributed by atoms with Crippen molar-refractivity contribution in [3.05, 3.63) is 35.9 Å². The minimum Gasteiger partial charge on any atom is -0.310 e. The summed E-state index contributed by atoms with van der Waals surface area (Å²) in [4.78, 5) is 0. The SMILES string of the molecule is CCNC(c1ccccc1)C1CCSC1. The Balaban J connectivity index is 2.11. The average molecular weight is 221 g/mol. The molecule has 0 aromatic heterocycles. The molecule has 1 aromatic carbocycles. The van der Waals surface area contributed by atoms with E-state index in [0.29, 0.717) is 6.04 Å². The van der Waals surface area contributed by atoms with Gasteiger partial charge in [-0.25, -0.2) is 0 Å². The fourth-order valence-corrected chi connectivity index (χ4v) is 3.55. The molecule has 0 bridgehead atoms. The van der Waals surface area contributed by atoms with E-state index in [2.05, 4.69) is 54.3 Å². The maximum Gasteiger partial charge on any atom is 0.0356 e. The van der Waals surface area contributed by atoms with Crippen LogP contribution in [0.1, 0.15) is 24.9 Å². The van der Waals surface area contributed by atoms with E-state index in [1.54, 1.807) is 0 Å². The first-order valence-corrected chi connectivity index (χ1v) is 6.93. The summed E-state index contributed by atoms with van der Waals surface area (Å²) in [7, 11) is 0. The second kappa shape index (κ2) is 5.57. The van der Waals surface area contributed by atoms with Crippen molar-refractivity contribution in [3.63, 3.8) is 0 Å². The fraction of sp³-hybridized carbons (Fsp3) is 0.538. The Kier molecular flexibility index (Phi) is 4.09. The van der Waals surface area contributed by atoms with E-state index in [1.807, 2.05) is 0 Å². The van der Waals surface area contributed by atoms with Crippen LogP contribution in [0.5, 0.6) is 0 Å². The largest absolute Gasteiger partial charge is 0.310 e. The van der Waals surface area contributed by atoms with Gasteiger partial charge in [-0.05, 0) is 36.0 Å². The third-order valence-corrected chi connectivity index (χ3v) is 4.21. The van der Waals surface area contributed by atoms with Crippen LogP contribution in [-0.4, -0.2) is 18.1 Å². The second-order valence-electron chi connectivity index (χ2n) is 4.07. The van der Waals surface area contributed by atoms with Crippen LogP contribution < -0.4 is 5.32 Å². The monoisotopic (exact) mass is 221 g/mol. The molecule has 0 spiro atoms. The van der Waals surface area contributed by atoms with Crippen molar-refractivity contribution in [2.24, 2.45) is 5.92 Å². The topological polar surface area (TPSA) is 12.0 Å². The zero-order valence-corrected chi connectivity index (χ0v) is 10.1. The van der Waals surface area contributed by atoms with Gasteiger partial charge in [-0.2, -0.15) is 11.8 Å². The second-order valence-corrected chi connectivity index (χ2v) is 5.22. The Hall–Kier alpha value is -0.470. The summed E-state index contributed by atoms with van der Waals surface area (Å²) < 4.78 is 0. The lowest BCUT2D eigenvalue weighted by molar-refractivity contribution is 0.401. The summed E-state index contributed by atoms with van der Waals surface area (Å²) in [5, 5.41) is 3.63. The molecule has 0 radical (unpaired) electrons. The number of benzene rings is 1. The van der Waals surface area contributed by atoms with Crippen molar-refractivity contribution in [2.45, 2.75) is 19.4 Å². The fourth-order valence-electron chi connectivity index (χ4n) is 2.25. The van der Waals surface area contributed by atoms with Crippen LogP contribution >= 0.6 is 11.8 Å². The van der Waals surface area contributed by atoms with E-state index in [4.69, 9.17) is 0 Å². The van der Waals surface area contributed by atoms with Crippen molar-refractivity contribution < 1.29 is 0 Å². The third kappa shape index (κ3) is 2.76. The predicted octanol–water partition coefficient (Wildman–Crippen LogP) is 3.09. The van der Waals surface area contributed by atoms with Crippen LogP contribution in [0.3, 0.4) is 0 Å². The molecule has 2 unspecified atom stereocenters. The van der Waals surface area contributed by atoms with Crippen molar-refractivity contribution in [2.75, 3.05) is 18.1 Å². The molecule has 2 rings (SSSR count). The standard InChI is InChI=1S/C13H19NS/c1-2-14-13(12-8-9-15-10-12)11-6-4-3-5-7-11/h3-7,12-14H,2,8-10H2,1H3. The molecule has 2 heteroatoms. The molecule has 0 amide bonds. The van der Waals surface area contributed by atoms with Crippen LogP contribution in [-0.2, 0) is 0 Å². The first kappa shape index (κ1) is 11.0. The molecule has 0 saturated carbocycles. The van der Waals surface area contributed by atoms with Crippen molar-refractivity contribution in [1.82, 2.24) is 5.32 Å². The maximum atomic E-state index is 3.63. The predicted molar refractivity (Wildman–Crippen MR) is 68.3 cm³/mol. The van der Waals surface area contributed by atoms with Gasteiger partial charge in [-0.15, -0.1) is 0 Å². The molecular weight excluding hydrogens is 202 g/mol. The minimum atomic E-state index is 0.561. The van der Waals surface area contributed by atoms with Gasteiger partial charge in [-0.3, -0.25) is 0 Å². The highest BCUT2D eigenvalue weighted by Gasteiger charge is 2.25. The lowest BCUT2D eigenvalue weighted by atomic mass is 9.92. The number of nitrogens with one attached hydrogen (secondary N) is 1. The van der Waals surface area contributed by atoms with E-state index >= 15 is 0 Å². The zero-order valence-electron chi connectivity index (χ0n) is 9.28. The summed E-state index contributed by atoms with van der Waals surface area (Å²) in [6.07, 6.45) is 1.36. The van der Waals surface area contributed by atoms with E-state index in [1.165, 1.54) is 23.5 Å². The first-order valence-electron chi connectivity index (χ1n) is 5.78. The first-order chi connectivity index (χ1) is 7.42. The van der Waals surface area contributed by atoms with Crippen molar-refractivity contribution in [3.8, 4) is 0 Å². The Labute approximate surface area is 96.7 Å². The number of hydrogen-bond acceptors (Lipinski definition) is 2. The van der Waals surface area contributed by atoms with Gasteiger partial charge in [0.15, 0.2) is 0 Å². The summed E-state index contributed by atoms with van der Waals surface area (Å²) in [6, 6.07) is 11.4. The smallest absolute Gasteiger partial charge is 0.0356 e. The van der Waals surface area contributed by atoms with Gasteiger partial charge in [0.1, 0.15) is 0 Å². The highest BCUT2D eigenvalue weighted by Crippen LogP contribution is 2.33. The molecule has 82 valence electrons. The number of hydrogen-bond donors (Lipinski definition) is 1. The summed E-state index contributed by atoms with van der Waals surface area (Å²) in [6.45, 7) is 3.25. The highest BCUT2D eigenvalue weighted by atomic mass is 32.2. The highest BCUT2D eigenvalue weighted by molar-refractivity contribution is 7.99. The third-order valence-electron chi connectivity index (χ3n) is 3.02. The molecule has 1 N–H and O–H groups in total. The van der Waals surface area contributed by atoms with Crippen LogP contribution in [0.4, 0.5) is 0 Å². The molecule has 1 nitrogen and oxygen atoms in total. The normalized spacial score (nSPS) is 22.9. The van der Waals surface area contributed by atoms with Gasteiger partial charge in [0.05, 0.1) is 0 Å². The average Bonchev–Trinajstić information content (AvgIpc) is 2.80. The van der Waals surface area contributed by atoms with Crippen LogP contribution in [0.15, 0.2) is 30.3 Å². The molecule has 1 aliphatic heterocycles. The summed E-state index contributed by atoms with van der Waals surface area (Å²) >= 11 is 2.09. The van der Waals surface area contributed by atoms with E-state index in [9.17, 15) is 0 Å². The van der Waals surface area contributed by atoms with Crippen molar-refractivity contribution in [1.29, 1.82) is 0 Å². The lowest BCUT2D eigenvalue weighted by Crippen LogP contribution is -2.28. The molecular formula is C13H19NS. The zero-order chi connectivity index (χ0) is 10.5. The van der Waals surface area contributed by atoms with Gasteiger partial charge in [-0.1, -0.05) is 37.3 Å². The number of thioether (sulfide) groups is 1. The van der Waals surface area contributed by atoms with Gasteiger partial charge in [0.2, 0.25) is 0 Å². The lowest BCUT2D eigenvalue weighted by Gasteiger charge is -2.24.